The molecule has 4 rings (SSSR count). The third-order valence-electron chi connectivity index (χ3n) is 5.75. The lowest BCUT2D eigenvalue weighted by Gasteiger charge is -2.35. The summed E-state index contributed by atoms with van der Waals surface area (Å²) in [5, 5.41) is 7.57. The van der Waals surface area contributed by atoms with Crippen LogP contribution in [0.3, 0.4) is 0 Å². The summed E-state index contributed by atoms with van der Waals surface area (Å²) in [5.41, 5.74) is 3.61. The first-order valence-corrected chi connectivity index (χ1v) is 11.5. The highest BCUT2D eigenvalue weighted by atomic mass is 32.1. The van der Waals surface area contributed by atoms with Gasteiger partial charge in [0, 0.05) is 31.1 Å². The lowest BCUT2D eigenvalue weighted by atomic mass is 9.98. The molecule has 0 fully saturated rings. The summed E-state index contributed by atoms with van der Waals surface area (Å²) in [6.45, 7) is 2.42. The van der Waals surface area contributed by atoms with Gasteiger partial charge in [-0.15, -0.1) is 11.3 Å². The van der Waals surface area contributed by atoms with E-state index in [1.807, 2.05) is 35.7 Å². The maximum absolute atomic E-state index is 12.5. The highest BCUT2D eigenvalue weighted by Gasteiger charge is 2.26. The van der Waals surface area contributed by atoms with Crippen molar-refractivity contribution in [3.05, 3.63) is 87.6 Å². The van der Waals surface area contributed by atoms with Crippen LogP contribution in [0.1, 0.15) is 27.6 Å². The first kappa shape index (κ1) is 22.0. The Hall–Kier alpha value is -3.16. The van der Waals surface area contributed by atoms with Crippen LogP contribution in [-0.4, -0.2) is 36.9 Å². The van der Waals surface area contributed by atoms with Gasteiger partial charge in [0.15, 0.2) is 0 Å². The second-order valence-electron chi connectivity index (χ2n) is 7.76. The summed E-state index contributed by atoms with van der Waals surface area (Å²) in [6, 6.07) is 20.0. The van der Waals surface area contributed by atoms with Gasteiger partial charge in [-0.1, -0.05) is 42.5 Å². The Bertz CT molecular complexity index is 1050. The van der Waals surface area contributed by atoms with Crippen molar-refractivity contribution in [2.45, 2.75) is 25.6 Å². The predicted molar refractivity (Wildman–Crippen MR) is 125 cm³/mol. The second kappa shape index (κ2) is 10.4. The number of carbonyl (C=O) groups is 2. The number of ether oxygens (including phenoxy) is 1. The lowest BCUT2D eigenvalue weighted by Crippen LogP contribution is -2.44. The number of fused-ring (bicyclic) bond motifs is 1. The fourth-order valence-electron chi connectivity index (χ4n) is 3.95. The van der Waals surface area contributed by atoms with E-state index in [1.54, 1.807) is 18.4 Å². The summed E-state index contributed by atoms with van der Waals surface area (Å²) in [4.78, 5) is 28.3. The predicted octanol–water partition coefficient (Wildman–Crippen LogP) is 3.29. The molecule has 2 heterocycles. The van der Waals surface area contributed by atoms with Gasteiger partial charge in [-0.2, -0.15) is 0 Å². The lowest BCUT2D eigenvalue weighted by molar-refractivity contribution is -0.139. The minimum Gasteiger partial charge on any atom is -0.497 e. The van der Waals surface area contributed by atoms with Crippen LogP contribution in [0.25, 0.3) is 0 Å². The van der Waals surface area contributed by atoms with E-state index in [9.17, 15) is 9.59 Å². The molecule has 7 heteroatoms. The average Bonchev–Trinajstić information content (AvgIpc) is 3.37. The summed E-state index contributed by atoms with van der Waals surface area (Å²) < 4.78 is 5.13. The van der Waals surface area contributed by atoms with Crippen molar-refractivity contribution < 1.29 is 14.3 Å². The molecule has 1 aliphatic heterocycles. The van der Waals surface area contributed by atoms with Gasteiger partial charge >= 0.3 is 11.8 Å². The maximum atomic E-state index is 12.5. The zero-order chi connectivity index (χ0) is 22.3. The highest BCUT2D eigenvalue weighted by Crippen LogP contribution is 2.30. The van der Waals surface area contributed by atoms with Gasteiger partial charge in [-0.25, -0.2) is 0 Å². The van der Waals surface area contributed by atoms with Crippen molar-refractivity contribution in [1.82, 2.24) is 15.5 Å². The molecular weight excluding hydrogens is 422 g/mol. The molecule has 6 nitrogen and oxygen atoms in total. The molecule has 166 valence electrons. The number of hydrogen-bond acceptors (Lipinski definition) is 5. The van der Waals surface area contributed by atoms with Crippen LogP contribution in [0.5, 0.6) is 5.75 Å². The van der Waals surface area contributed by atoms with Crippen molar-refractivity contribution >= 4 is 23.2 Å². The molecule has 3 aromatic rings. The van der Waals surface area contributed by atoms with Gasteiger partial charge in [0.05, 0.1) is 13.2 Å². The molecule has 1 atom stereocenters. The van der Waals surface area contributed by atoms with Crippen LogP contribution in [0.4, 0.5) is 0 Å². The topological polar surface area (TPSA) is 70.7 Å². The number of nitrogens with one attached hydrogen (secondary N) is 2. The molecule has 2 aromatic carbocycles. The number of rotatable bonds is 7. The normalized spacial score (nSPS) is 14.3. The molecular formula is C25H27N3O3S. The van der Waals surface area contributed by atoms with Crippen molar-refractivity contribution in [2.24, 2.45) is 0 Å². The minimum absolute atomic E-state index is 0.0293. The van der Waals surface area contributed by atoms with Crippen LogP contribution in [-0.2, 0) is 29.1 Å². The first-order chi connectivity index (χ1) is 15.6. The molecule has 32 heavy (non-hydrogen) atoms. The van der Waals surface area contributed by atoms with Crippen molar-refractivity contribution in [3.63, 3.8) is 0 Å². The maximum Gasteiger partial charge on any atom is 0.309 e. The number of methoxy groups -OCH3 is 1. The average molecular weight is 450 g/mol. The van der Waals surface area contributed by atoms with E-state index in [-0.39, 0.29) is 12.6 Å². The standard InChI is InChI=1S/C25H27N3O3S/c1-31-21-10-8-18(9-11-21)15-26-24(29)25(30)27-16-22(23-7-4-14-32-23)28-13-12-19-5-2-3-6-20(19)17-28/h2-11,14,22H,12-13,15-17H2,1H3,(H,26,29)(H,27,30)/t22-/m1/s1. The van der Waals surface area contributed by atoms with Crippen LogP contribution in [0.15, 0.2) is 66.0 Å². The van der Waals surface area contributed by atoms with Gasteiger partial charge in [-0.3, -0.25) is 14.5 Å². The summed E-state index contributed by atoms with van der Waals surface area (Å²) in [6.07, 6.45) is 0.980. The Balaban J connectivity index is 1.34. The van der Waals surface area contributed by atoms with E-state index < -0.39 is 11.8 Å². The molecule has 0 saturated heterocycles. The number of amides is 2. The van der Waals surface area contributed by atoms with E-state index in [0.29, 0.717) is 6.54 Å². The number of hydrogen-bond donors (Lipinski definition) is 2. The second-order valence-corrected chi connectivity index (χ2v) is 8.74. The molecule has 1 aliphatic rings. The Kier molecular flexibility index (Phi) is 7.19. The van der Waals surface area contributed by atoms with E-state index in [2.05, 4.69) is 45.9 Å². The highest BCUT2D eigenvalue weighted by molar-refractivity contribution is 7.10. The van der Waals surface area contributed by atoms with E-state index in [0.717, 1.165) is 30.8 Å². The molecule has 0 radical (unpaired) electrons. The monoisotopic (exact) mass is 449 g/mol. The van der Waals surface area contributed by atoms with Gasteiger partial charge in [-0.05, 0) is 46.7 Å². The summed E-state index contributed by atoms with van der Waals surface area (Å²) in [5.74, 6) is -0.495. The van der Waals surface area contributed by atoms with Crippen molar-refractivity contribution in [3.8, 4) is 5.75 Å². The molecule has 2 N–H and O–H groups in total. The van der Waals surface area contributed by atoms with Crippen molar-refractivity contribution in [1.29, 1.82) is 0 Å². The van der Waals surface area contributed by atoms with E-state index in [4.69, 9.17) is 4.74 Å². The third-order valence-corrected chi connectivity index (χ3v) is 6.72. The fraction of sp³-hybridized carbons (Fsp3) is 0.280. The molecule has 0 spiro atoms. The number of carbonyl (C=O) groups excluding carboxylic acids is 2. The molecule has 0 bridgehead atoms. The summed E-state index contributed by atoms with van der Waals surface area (Å²) >= 11 is 1.67. The Morgan fingerprint density at radius 2 is 1.75 bits per heavy atom. The van der Waals surface area contributed by atoms with E-state index in [1.165, 1.54) is 16.0 Å². The van der Waals surface area contributed by atoms with Gasteiger partial charge in [0.25, 0.3) is 0 Å². The van der Waals surface area contributed by atoms with Crippen LogP contribution in [0.2, 0.25) is 0 Å². The third kappa shape index (κ3) is 5.36. The Morgan fingerprint density at radius 3 is 2.47 bits per heavy atom. The SMILES string of the molecule is COc1ccc(CNC(=O)C(=O)NC[C@H](c2cccs2)N2CCc3ccccc3C2)cc1. The van der Waals surface area contributed by atoms with Crippen LogP contribution >= 0.6 is 11.3 Å². The van der Waals surface area contributed by atoms with Crippen LogP contribution in [0, 0.1) is 0 Å². The molecule has 0 aliphatic carbocycles. The van der Waals surface area contributed by atoms with Crippen LogP contribution < -0.4 is 15.4 Å². The largest absolute Gasteiger partial charge is 0.497 e. The van der Waals surface area contributed by atoms with Gasteiger partial charge in [0.2, 0.25) is 0 Å². The molecule has 2 amide bonds. The Labute approximate surface area is 192 Å². The quantitative estimate of drug-likeness (QED) is 0.543. The van der Waals surface area contributed by atoms with Crippen molar-refractivity contribution in [2.75, 3.05) is 20.2 Å². The zero-order valence-corrected chi connectivity index (χ0v) is 18.9. The summed E-state index contributed by atoms with van der Waals surface area (Å²) in [7, 11) is 1.60. The smallest absolute Gasteiger partial charge is 0.309 e. The van der Waals surface area contributed by atoms with Gasteiger partial charge in [0.1, 0.15) is 5.75 Å². The number of benzene rings is 2. The number of thiophene rings is 1. The fourth-order valence-corrected chi connectivity index (χ4v) is 4.81. The number of nitrogens with zero attached hydrogens (tertiary/aromatic N) is 1. The zero-order valence-electron chi connectivity index (χ0n) is 18.0. The van der Waals surface area contributed by atoms with E-state index >= 15 is 0 Å². The molecule has 1 aromatic heterocycles. The van der Waals surface area contributed by atoms with Gasteiger partial charge < -0.3 is 15.4 Å². The molecule has 0 saturated carbocycles. The molecule has 0 unspecified atom stereocenters. The Morgan fingerprint density at radius 1 is 1.00 bits per heavy atom. The first-order valence-electron chi connectivity index (χ1n) is 10.7. The minimum atomic E-state index is -0.630.